The third-order valence-electron chi connectivity index (χ3n) is 1.43. The molecule has 1 atom stereocenters. The summed E-state index contributed by atoms with van der Waals surface area (Å²) in [6.45, 7) is 2.16. The third-order valence-corrected chi connectivity index (χ3v) is 1.52. The van der Waals surface area contributed by atoms with Crippen molar-refractivity contribution in [3.8, 4) is 0 Å². The van der Waals surface area contributed by atoms with Crippen LogP contribution in [0.1, 0.15) is 13.3 Å². The second-order valence-electron chi connectivity index (χ2n) is 2.41. The Morgan fingerprint density at radius 1 is 1.80 bits per heavy atom. The fourth-order valence-electron chi connectivity index (χ4n) is 0.946. The highest BCUT2D eigenvalue weighted by atomic mass is 32.1. The highest BCUT2D eigenvalue weighted by molar-refractivity contribution is 7.78. The van der Waals surface area contributed by atoms with Crippen molar-refractivity contribution in [2.45, 2.75) is 13.3 Å². The molecule has 0 amide bonds. The normalized spacial score (nSPS) is 23.3. The lowest BCUT2D eigenvalue weighted by Gasteiger charge is -2.06. The number of thiocarbonyl (C=S) groups is 1. The second kappa shape index (κ2) is 3.45. The van der Waals surface area contributed by atoms with E-state index in [9.17, 15) is 0 Å². The van der Waals surface area contributed by atoms with E-state index < -0.39 is 0 Å². The molecule has 0 heterocycles. The van der Waals surface area contributed by atoms with Crippen LogP contribution in [-0.2, 0) is 0 Å². The summed E-state index contributed by atoms with van der Waals surface area (Å²) in [5.41, 5.74) is 0.939. The van der Waals surface area contributed by atoms with Gasteiger partial charge >= 0.3 is 0 Å². The van der Waals surface area contributed by atoms with E-state index in [-0.39, 0.29) is 0 Å². The zero-order chi connectivity index (χ0) is 7.40. The predicted molar refractivity (Wildman–Crippen MR) is 46.0 cm³/mol. The standard InChI is InChI=1S/C8H9NS/c1-7-3-2-4-8(5-7)9-6-10/h2,4-5,7H,3H2,1H3. The number of allylic oxidation sites excluding steroid dienone is 3. The summed E-state index contributed by atoms with van der Waals surface area (Å²) < 4.78 is 0. The molecule has 0 saturated heterocycles. The van der Waals surface area contributed by atoms with Gasteiger partial charge in [-0.1, -0.05) is 19.1 Å². The predicted octanol–water partition coefficient (Wildman–Crippen LogP) is 2.57. The Morgan fingerprint density at radius 2 is 2.60 bits per heavy atom. The third kappa shape index (κ3) is 1.90. The molecule has 0 radical (unpaired) electrons. The van der Waals surface area contributed by atoms with Gasteiger partial charge in [0.2, 0.25) is 0 Å². The maximum atomic E-state index is 4.48. The lowest BCUT2D eigenvalue weighted by atomic mass is 10.0. The van der Waals surface area contributed by atoms with Crippen LogP contribution in [0, 0.1) is 5.92 Å². The molecule has 0 aromatic heterocycles. The molecule has 0 bridgehead atoms. The van der Waals surface area contributed by atoms with Crippen molar-refractivity contribution in [3.63, 3.8) is 0 Å². The Bertz CT molecular complexity index is 221. The molecule has 1 aliphatic carbocycles. The van der Waals surface area contributed by atoms with Crippen molar-refractivity contribution in [3.05, 3.63) is 23.9 Å². The molecule has 2 heteroatoms. The quantitative estimate of drug-likeness (QED) is 0.414. The first kappa shape index (κ1) is 7.39. The van der Waals surface area contributed by atoms with Crippen LogP contribution in [0.15, 0.2) is 28.9 Å². The van der Waals surface area contributed by atoms with E-state index in [0.29, 0.717) is 5.92 Å². The summed E-state index contributed by atoms with van der Waals surface area (Å²) in [6.07, 6.45) is 7.28. The van der Waals surface area contributed by atoms with Crippen LogP contribution in [0.4, 0.5) is 0 Å². The maximum Gasteiger partial charge on any atom is 0.0699 e. The minimum atomic E-state index is 0.590. The van der Waals surface area contributed by atoms with E-state index in [4.69, 9.17) is 0 Å². The van der Waals surface area contributed by atoms with Crippen molar-refractivity contribution >= 4 is 17.4 Å². The van der Waals surface area contributed by atoms with Gasteiger partial charge in [0.15, 0.2) is 0 Å². The molecule has 1 rings (SSSR count). The van der Waals surface area contributed by atoms with Crippen LogP contribution in [0.25, 0.3) is 0 Å². The van der Waals surface area contributed by atoms with Gasteiger partial charge in [0.1, 0.15) is 0 Å². The summed E-state index contributed by atoms with van der Waals surface area (Å²) in [4.78, 5) is 3.87. The molecule has 1 aliphatic rings. The second-order valence-corrected chi connectivity index (χ2v) is 2.59. The molecule has 0 spiro atoms. The fraction of sp³-hybridized carbons (Fsp3) is 0.375. The molecule has 0 aliphatic heterocycles. The average molecular weight is 151 g/mol. The van der Waals surface area contributed by atoms with E-state index >= 15 is 0 Å². The van der Waals surface area contributed by atoms with Crippen molar-refractivity contribution in [2.24, 2.45) is 10.9 Å². The minimum absolute atomic E-state index is 0.590. The summed E-state index contributed by atoms with van der Waals surface area (Å²) in [5.74, 6) is 0.590. The zero-order valence-corrected chi connectivity index (χ0v) is 6.69. The van der Waals surface area contributed by atoms with E-state index in [1.807, 2.05) is 6.08 Å². The van der Waals surface area contributed by atoms with Gasteiger partial charge in [-0.25, -0.2) is 0 Å². The van der Waals surface area contributed by atoms with Gasteiger partial charge < -0.3 is 0 Å². The molecule has 0 saturated carbocycles. The van der Waals surface area contributed by atoms with E-state index in [1.165, 1.54) is 0 Å². The topological polar surface area (TPSA) is 12.4 Å². The van der Waals surface area contributed by atoms with Crippen molar-refractivity contribution < 1.29 is 0 Å². The molecule has 1 nitrogen and oxygen atoms in total. The van der Waals surface area contributed by atoms with Crippen LogP contribution in [0.3, 0.4) is 0 Å². The molecule has 0 aromatic carbocycles. The minimum Gasteiger partial charge on any atom is -0.195 e. The monoisotopic (exact) mass is 151 g/mol. The molecule has 10 heavy (non-hydrogen) atoms. The van der Waals surface area contributed by atoms with Gasteiger partial charge in [0.05, 0.1) is 10.9 Å². The van der Waals surface area contributed by atoms with Gasteiger partial charge in [0, 0.05) is 0 Å². The molecule has 1 unspecified atom stereocenters. The first-order valence-corrected chi connectivity index (χ1v) is 3.70. The van der Waals surface area contributed by atoms with Crippen molar-refractivity contribution in [1.82, 2.24) is 0 Å². The number of rotatable bonds is 1. The van der Waals surface area contributed by atoms with Crippen LogP contribution in [0.5, 0.6) is 0 Å². The Kier molecular flexibility index (Phi) is 2.55. The Labute approximate surface area is 66.2 Å². The van der Waals surface area contributed by atoms with Crippen LogP contribution in [0.2, 0.25) is 0 Å². The number of nitrogens with zero attached hydrogens (tertiary/aromatic N) is 1. The lowest BCUT2D eigenvalue weighted by molar-refractivity contribution is 0.728. The Hall–Kier alpha value is -0.720. The first-order chi connectivity index (χ1) is 4.83. The van der Waals surface area contributed by atoms with Crippen LogP contribution >= 0.6 is 12.2 Å². The SMILES string of the molecule is CC1C=C(N=C=S)C=CC1. The van der Waals surface area contributed by atoms with Gasteiger partial charge in [-0.15, -0.1) is 0 Å². The van der Waals surface area contributed by atoms with E-state index in [2.05, 4.69) is 41.4 Å². The highest BCUT2D eigenvalue weighted by Gasteiger charge is 2.01. The van der Waals surface area contributed by atoms with Crippen molar-refractivity contribution in [2.75, 3.05) is 0 Å². The maximum absolute atomic E-state index is 4.48. The van der Waals surface area contributed by atoms with Crippen LogP contribution < -0.4 is 0 Å². The first-order valence-electron chi connectivity index (χ1n) is 3.29. The smallest absolute Gasteiger partial charge is 0.0699 e. The Balaban J connectivity index is 2.75. The number of isothiocyanates is 1. The summed E-state index contributed by atoms with van der Waals surface area (Å²) >= 11 is 4.48. The van der Waals surface area contributed by atoms with E-state index in [1.54, 1.807) is 0 Å². The lowest BCUT2D eigenvalue weighted by Crippen LogP contribution is -1.92. The number of aliphatic imine (C=N–C) groups is 1. The number of hydrogen-bond acceptors (Lipinski definition) is 2. The molecular weight excluding hydrogens is 142 g/mol. The van der Waals surface area contributed by atoms with Crippen LogP contribution in [-0.4, -0.2) is 5.16 Å². The Morgan fingerprint density at radius 3 is 3.20 bits per heavy atom. The van der Waals surface area contributed by atoms with Gasteiger partial charge in [-0.05, 0) is 30.6 Å². The molecular formula is C8H9NS. The van der Waals surface area contributed by atoms with E-state index in [0.717, 1.165) is 12.1 Å². The zero-order valence-electron chi connectivity index (χ0n) is 5.87. The molecule has 0 aromatic rings. The fourth-order valence-corrected chi connectivity index (χ4v) is 1.05. The molecule has 52 valence electrons. The van der Waals surface area contributed by atoms with Gasteiger partial charge in [0.25, 0.3) is 0 Å². The number of hydrogen-bond donors (Lipinski definition) is 0. The van der Waals surface area contributed by atoms with Gasteiger partial charge in [-0.2, -0.15) is 4.99 Å². The van der Waals surface area contributed by atoms with Gasteiger partial charge in [-0.3, -0.25) is 0 Å². The largest absolute Gasteiger partial charge is 0.195 e. The highest BCUT2D eigenvalue weighted by Crippen LogP contribution is 2.15. The summed E-state index contributed by atoms with van der Waals surface area (Å²) in [7, 11) is 0. The summed E-state index contributed by atoms with van der Waals surface area (Å²) in [5, 5.41) is 2.35. The summed E-state index contributed by atoms with van der Waals surface area (Å²) in [6, 6.07) is 0. The average Bonchev–Trinajstić information content (AvgIpc) is 1.88. The molecule has 0 fully saturated rings. The molecule has 0 N–H and O–H groups in total. The van der Waals surface area contributed by atoms with Crippen molar-refractivity contribution in [1.29, 1.82) is 0 Å².